The third-order valence-electron chi connectivity index (χ3n) is 12.7. The van der Waals surface area contributed by atoms with Crippen molar-refractivity contribution in [3.8, 4) is 79.9 Å². The summed E-state index contributed by atoms with van der Waals surface area (Å²) in [4.78, 5) is 19.4. The summed E-state index contributed by atoms with van der Waals surface area (Å²) in [5, 5.41) is 23.8. The SMILES string of the molecule is [C-]#[N+]c1ccc2c(c1)c1ccccc1n2-c1ccc(-c2nc(-c3ccccc3)nc(-c3ccccc3)n2)c(-c2cc(-c3ccc(C#N)cc3)ccc2-n2c3ccccc3c3cc(C#N)ccc32)c1. The second kappa shape index (κ2) is 16.2. The molecule has 0 aliphatic carbocycles. The Labute approximate surface area is 391 Å². The molecule has 3 aromatic heterocycles. The van der Waals surface area contributed by atoms with Crippen molar-refractivity contribution in [2.75, 3.05) is 0 Å². The van der Waals surface area contributed by atoms with E-state index in [1.54, 1.807) is 0 Å². The Balaban J connectivity index is 1.21. The molecule has 0 saturated heterocycles. The lowest BCUT2D eigenvalue weighted by atomic mass is 9.92. The van der Waals surface area contributed by atoms with Crippen molar-refractivity contribution < 1.29 is 0 Å². The Bertz CT molecular complexity index is 4050. The van der Waals surface area contributed by atoms with E-state index in [-0.39, 0.29) is 0 Å². The number of benzene rings is 9. The van der Waals surface area contributed by atoms with Crippen molar-refractivity contribution in [3.63, 3.8) is 0 Å². The molecule has 0 amide bonds. The molecule has 0 bridgehead atoms. The lowest BCUT2D eigenvalue weighted by molar-refractivity contribution is 1.07. The highest BCUT2D eigenvalue weighted by Crippen LogP contribution is 2.44. The highest BCUT2D eigenvalue weighted by molar-refractivity contribution is 6.12. The van der Waals surface area contributed by atoms with Crippen molar-refractivity contribution in [1.82, 2.24) is 24.1 Å². The zero-order chi connectivity index (χ0) is 45.7. The fourth-order valence-electron chi connectivity index (χ4n) is 9.49. The summed E-state index contributed by atoms with van der Waals surface area (Å²) >= 11 is 0. The first kappa shape index (κ1) is 39.6. The molecule has 0 atom stereocenters. The Hall–Kier alpha value is -9.94. The van der Waals surface area contributed by atoms with E-state index in [0.717, 1.165) is 93.9 Å². The predicted molar refractivity (Wildman–Crippen MR) is 271 cm³/mol. The number of nitriles is 2. The van der Waals surface area contributed by atoms with Crippen LogP contribution in [0.1, 0.15) is 11.1 Å². The predicted octanol–water partition coefficient (Wildman–Crippen LogP) is 14.7. The van der Waals surface area contributed by atoms with Gasteiger partial charge in [0.15, 0.2) is 23.2 Å². The van der Waals surface area contributed by atoms with Gasteiger partial charge in [0, 0.05) is 44.1 Å². The molecule has 9 aromatic carbocycles. The van der Waals surface area contributed by atoms with Crippen LogP contribution >= 0.6 is 0 Å². The van der Waals surface area contributed by atoms with Gasteiger partial charge in [0.25, 0.3) is 0 Å². The monoisotopic (exact) mass is 866 g/mol. The summed E-state index contributed by atoms with van der Waals surface area (Å²) in [6.07, 6.45) is 0. The van der Waals surface area contributed by atoms with Crippen LogP contribution < -0.4 is 0 Å². The number of fused-ring (bicyclic) bond motifs is 6. The highest BCUT2D eigenvalue weighted by atomic mass is 15.0. The normalized spacial score (nSPS) is 11.2. The lowest BCUT2D eigenvalue weighted by Gasteiger charge is -2.20. The topological polar surface area (TPSA) is 100 Å². The van der Waals surface area contributed by atoms with E-state index in [0.29, 0.717) is 34.3 Å². The van der Waals surface area contributed by atoms with Crippen molar-refractivity contribution >= 4 is 49.3 Å². The van der Waals surface area contributed by atoms with E-state index in [2.05, 4.69) is 86.8 Å². The van der Waals surface area contributed by atoms with Crippen LogP contribution in [-0.2, 0) is 0 Å². The van der Waals surface area contributed by atoms with Crippen LogP contribution in [0.25, 0.3) is 116 Å². The maximum absolute atomic E-state index is 10.0. The summed E-state index contributed by atoms with van der Waals surface area (Å²) in [6, 6.07) is 73.5. The van der Waals surface area contributed by atoms with E-state index in [1.807, 2.05) is 146 Å². The Morgan fingerprint density at radius 3 is 1.59 bits per heavy atom. The van der Waals surface area contributed by atoms with Crippen molar-refractivity contribution in [3.05, 3.63) is 229 Å². The second-order valence-corrected chi connectivity index (χ2v) is 16.6. The third kappa shape index (κ3) is 6.63. The molecular weight excluding hydrogens is 833 g/mol. The van der Waals surface area contributed by atoms with Gasteiger partial charge in [0.1, 0.15) is 0 Å². The molecule has 0 aliphatic heterocycles. The zero-order valence-electron chi connectivity index (χ0n) is 36.2. The van der Waals surface area contributed by atoms with Crippen LogP contribution in [0, 0.1) is 29.2 Å². The van der Waals surface area contributed by atoms with Gasteiger partial charge in [-0.3, -0.25) is 0 Å². The minimum absolute atomic E-state index is 0.499. The minimum Gasteiger partial charge on any atom is -0.309 e. The number of rotatable bonds is 7. The molecule has 0 radical (unpaired) electrons. The first-order valence-electron chi connectivity index (χ1n) is 22.1. The van der Waals surface area contributed by atoms with Crippen LogP contribution in [0.4, 0.5) is 5.69 Å². The van der Waals surface area contributed by atoms with Crippen LogP contribution in [0.5, 0.6) is 0 Å². The molecular formula is C60H34N8. The molecule has 8 heteroatoms. The van der Waals surface area contributed by atoms with E-state index >= 15 is 0 Å². The Morgan fingerprint density at radius 2 is 0.926 bits per heavy atom. The van der Waals surface area contributed by atoms with E-state index in [9.17, 15) is 10.5 Å². The molecule has 314 valence electrons. The summed E-state index contributed by atoms with van der Waals surface area (Å²) in [5.41, 5.74) is 13.6. The molecule has 0 saturated carbocycles. The number of nitrogens with zero attached hydrogens (tertiary/aromatic N) is 8. The number of para-hydroxylation sites is 2. The van der Waals surface area contributed by atoms with Crippen LogP contribution in [0.15, 0.2) is 206 Å². The maximum Gasteiger partial charge on any atom is 0.188 e. The molecule has 0 spiro atoms. The zero-order valence-corrected chi connectivity index (χ0v) is 36.2. The van der Waals surface area contributed by atoms with Gasteiger partial charge < -0.3 is 9.13 Å². The minimum atomic E-state index is 0.499. The average Bonchev–Trinajstić information content (AvgIpc) is 3.93. The first-order valence-corrected chi connectivity index (χ1v) is 22.1. The molecule has 0 N–H and O–H groups in total. The average molecular weight is 867 g/mol. The van der Waals surface area contributed by atoms with Gasteiger partial charge in [-0.25, -0.2) is 19.8 Å². The summed E-state index contributed by atoms with van der Waals surface area (Å²) < 4.78 is 4.54. The largest absolute Gasteiger partial charge is 0.309 e. The summed E-state index contributed by atoms with van der Waals surface area (Å²) in [7, 11) is 0. The molecule has 8 nitrogen and oxygen atoms in total. The molecule has 3 heterocycles. The molecule has 68 heavy (non-hydrogen) atoms. The third-order valence-corrected chi connectivity index (χ3v) is 12.7. The van der Waals surface area contributed by atoms with Gasteiger partial charge in [-0.1, -0.05) is 121 Å². The van der Waals surface area contributed by atoms with Gasteiger partial charge in [-0.2, -0.15) is 10.5 Å². The van der Waals surface area contributed by atoms with Crippen molar-refractivity contribution in [2.24, 2.45) is 0 Å². The summed E-state index contributed by atoms with van der Waals surface area (Å²) in [6.45, 7) is 7.84. The standard InChI is InChI=1S/C60H34N8/c1-63-44-26-31-55-52(34-44)47-17-8-10-18-53(47)67(55)45-27-28-48(60-65-58(41-12-4-2-5-13-41)64-59(66-60)42-14-6-3-7-15-42)49(35-45)51-33-43(40-23-20-38(36-61)21-24-40)25-30-57(51)68-54-19-11-9-16-46(54)50-32-39(37-62)22-29-56(50)68/h2-35H. The van der Waals surface area contributed by atoms with Crippen LogP contribution in [0.3, 0.4) is 0 Å². The second-order valence-electron chi connectivity index (χ2n) is 16.6. The number of hydrogen-bond donors (Lipinski definition) is 0. The number of hydrogen-bond acceptors (Lipinski definition) is 5. The lowest BCUT2D eigenvalue weighted by Crippen LogP contribution is -2.04. The van der Waals surface area contributed by atoms with Crippen LogP contribution in [-0.4, -0.2) is 24.1 Å². The number of aromatic nitrogens is 5. The van der Waals surface area contributed by atoms with Gasteiger partial charge in [0.05, 0.1) is 57.6 Å². The van der Waals surface area contributed by atoms with E-state index in [1.165, 1.54) is 0 Å². The first-order chi connectivity index (χ1) is 33.6. The van der Waals surface area contributed by atoms with Crippen molar-refractivity contribution in [2.45, 2.75) is 0 Å². The van der Waals surface area contributed by atoms with Gasteiger partial charge >= 0.3 is 0 Å². The van der Waals surface area contributed by atoms with Gasteiger partial charge in [-0.15, -0.1) is 0 Å². The highest BCUT2D eigenvalue weighted by Gasteiger charge is 2.23. The fraction of sp³-hybridized carbons (Fsp3) is 0. The molecule has 0 aliphatic rings. The quantitative estimate of drug-likeness (QED) is 0.149. The Morgan fingerprint density at radius 1 is 0.382 bits per heavy atom. The van der Waals surface area contributed by atoms with Crippen LogP contribution in [0.2, 0.25) is 0 Å². The molecule has 0 fully saturated rings. The van der Waals surface area contributed by atoms with E-state index < -0.39 is 0 Å². The maximum atomic E-state index is 10.0. The van der Waals surface area contributed by atoms with Gasteiger partial charge in [-0.05, 0) is 107 Å². The van der Waals surface area contributed by atoms with Crippen molar-refractivity contribution in [1.29, 1.82) is 10.5 Å². The Kier molecular flexibility index (Phi) is 9.47. The molecule has 0 unspecified atom stereocenters. The molecule has 12 aromatic rings. The van der Waals surface area contributed by atoms with E-state index in [4.69, 9.17) is 21.5 Å². The summed E-state index contributed by atoms with van der Waals surface area (Å²) in [5.74, 6) is 1.59. The van der Waals surface area contributed by atoms with Gasteiger partial charge in [0.2, 0.25) is 0 Å². The fourth-order valence-corrected chi connectivity index (χ4v) is 9.49. The smallest absolute Gasteiger partial charge is 0.188 e. The molecule has 12 rings (SSSR count).